The van der Waals surface area contributed by atoms with Crippen molar-refractivity contribution in [2.24, 2.45) is 0 Å². The maximum atomic E-state index is 12.3. The summed E-state index contributed by atoms with van der Waals surface area (Å²) in [5.74, 6) is 1.21. The lowest BCUT2D eigenvalue weighted by Gasteiger charge is -2.10. The fourth-order valence-electron chi connectivity index (χ4n) is 2.65. The van der Waals surface area contributed by atoms with Gasteiger partial charge >= 0.3 is 0 Å². The number of pyridine rings is 1. The van der Waals surface area contributed by atoms with Crippen LogP contribution in [0.4, 0.5) is 0 Å². The number of nitrogens with one attached hydrogen (secondary N) is 1. The maximum absolute atomic E-state index is 12.3. The molecule has 3 heterocycles. The first-order chi connectivity index (χ1) is 11.2. The minimum absolute atomic E-state index is 0.176. The molecule has 4 rings (SSSR count). The van der Waals surface area contributed by atoms with Crippen LogP contribution in [0, 0.1) is 0 Å². The number of carbonyl (C=O) groups is 1. The molecule has 116 valence electrons. The molecule has 0 spiro atoms. The number of hydrogen-bond acceptors (Lipinski definition) is 4. The van der Waals surface area contributed by atoms with Crippen molar-refractivity contribution in [3.8, 4) is 5.75 Å². The average molecular weight is 329 g/mol. The Labute approximate surface area is 137 Å². The van der Waals surface area contributed by atoms with E-state index in [0.717, 1.165) is 11.2 Å². The average Bonchev–Trinajstić information content (AvgIpc) is 3.16. The van der Waals surface area contributed by atoms with Gasteiger partial charge in [-0.25, -0.2) is 0 Å². The summed E-state index contributed by atoms with van der Waals surface area (Å²) in [7, 11) is 0. The van der Waals surface area contributed by atoms with Crippen LogP contribution < -0.4 is 10.1 Å². The van der Waals surface area contributed by atoms with E-state index in [-0.39, 0.29) is 5.91 Å². The van der Waals surface area contributed by atoms with Gasteiger partial charge < -0.3 is 10.1 Å². The molecule has 7 heteroatoms. The molecule has 3 aromatic rings. The molecule has 0 unspecified atom stereocenters. The van der Waals surface area contributed by atoms with E-state index in [4.69, 9.17) is 16.3 Å². The van der Waals surface area contributed by atoms with E-state index in [1.54, 1.807) is 12.1 Å². The molecular formula is C16H13ClN4O2. The topological polar surface area (TPSA) is 68.5 Å². The van der Waals surface area contributed by atoms with Crippen molar-refractivity contribution in [3.05, 3.63) is 59.0 Å². The van der Waals surface area contributed by atoms with Crippen molar-refractivity contribution < 1.29 is 9.53 Å². The Balaban J connectivity index is 1.43. The Morgan fingerprint density at radius 2 is 2.26 bits per heavy atom. The van der Waals surface area contributed by atoms with Crippen molar-refractivity contribution in [1.82, 2.24) is 19.9 Å². The first-order valence-electron chi connectivity index (χ1n) is 7.22. The molecule has 1 aromatic carbocycles. The van der Waals surface area contributed by atoms with Gasteiger partial charge in [-0.2, -0.15) is 0 Å². The lowest BCUT2D eigenvalue weighted by Crippen LogP contribution is -2.37. The Kier molecular flexibility index (Phi) is 3.38. The number of benzene rings is 1. The van der Waals surface area contributed by atoms with Crippen LogP contribution in [0.1, 0.15) is 11.4 Å². The third-order valence-electron chi connectivity index (χ3n) is 3.79. The van der Waals surface area contributed by atoms with Crippen molar-refractivity contribution in [3.63, 3.8) is 0 Å². The summed E-state index contributed by atoms with van der Waals surface area (Å²) in [6.07, 6.45) is 1.84. The highest BCUT2D eigenvalue weighted by molar-refractivity contribution is 6.30. The highest BCUT2D eigenvalue weighted by Crippen LogP contribution is 2.31. The van der Waals surface area contributed by atoms with E-state index in [2.05, 4.69) is 15.5 Å². The molecule has 0 bridgehead atoms. The zero-order valence-corrected chi connectivity index (χ0v) is 12.8. The highest BCUT2D eigenvalue weighted by Gasteiger charge is 2.29. The first kappa shape index (κ1) is 14.0. The number of halogens is 1. The van der Waals surface area contributed by atoms with Gasteiger partial charge in [0, 0.05) is 17.6 Å². The summed E-state index contributed by atoms with van der Waals surface area (Å²) in [6, 6.07) is 11.0. The molecule has 1 aliphatic heterocycles. The largest absolute Gasteiger partial charge is 0.480 e. The van der Waals surface area contributed by atoms with Crippen LogP contribution >= 0.6 is 11.6 Å². The van der Waals surface area contributed by atoms with Crippen LogP contribution in [-0.2, 0) is 17.8 Å². The molecule has 6 nitrogen and oxygen atoms in total. The van der Waals surface area contributed by atoms with Gasteiger partial charge in [-0.15, -0.1) is 10.2 Å². The lowest BCUT2D eigenvalue weighted by atomic mass is 10.1. The quantitative estimate of drug-likeness (QED) is 0.798. The predicted octanol–water partition coefficient (Wildman–Crippen LogP) is 2.00. The number of hydrogen-bond donors (Lipinski definition) is 1. The van der Waals surface area contributed by atoms with Crippen molar-refractivity contribution in [1.29, 1.82) is 0 Å². The Morgan fingerprint density at radius 3 is 3.17 bits per heavy atom. The Hall–Kier alpha value is -2.60. The van der Waals surface area contributed by atoms with Gasteiger partial charge in [-0.1, -0.05) is 17.7 Å². The van der Waals surface area contributed by atoms with Crippen LogP contribution in [0.25, 0.3) is 5.65 Å². The molecule has 0 saturated heterocycles. The van der Waals surface area contributed by atoms with Gasteiger partial charge in [-0.05, 0) is 35.9 Å². The van der Waals surface area contributed by atoms with Gasteiger partial charge in [-0.3, -0.25) is 9.20 Å². The molecule has 0 radical (unpaired) electrons. The summed E-state index contributed by atoms with van der Waals surface area (Å²) >= 11 is 5.96. The normalized spacial score (nSPS) is 16.1. The highest BCUT2D eigenvalue weighted by atomic mass is 35.5. The fraction of sp³-hybridized carbons (Fsp3) is 0.188. The van der Waals surface area contributed by atoms with Crippen LogP contribution in [0.2, 0.25) is 5.02 Å². The molecular weight excluding hydrogens is 316 g/mol. The molecule has 0 saturated carbocycles. The van der Waals surface area contributed by atoms with Gasteiger partial charge in [0.2, 0.25) is 0 Å². The molecule has 0 fully saturated rings. The second-order valence-corrected chi connectivity index (χ2v) is 5.76. The Morgan fingerprint density at radius 1 is 1.35 bits per heavy atom. The molecule has 1 aliphatic rings. The van der Waals surface area contributed by atoms with Gasteiger partial charge in [0.1, 0.15) is 5.75 Å². The molecule has 2 aromatic heterocycles. The minimum atomic E-state index is -0.539. The number of rotatable bonds is 3. The van der Waals surface area contributed by atoms with Crippen LogP contribution in [0.15, 0.2) is 42.6 Å². The number of ether oxygens (including phenoxy) is 1. The number of nitrogens with zero attached hydrogens (tertiary/aromatic N) is 3. The summed E-state index contributed by atoms with van der Waals surface area (Å²) < 4.78 is 7.51. The predicted molar refractivity (Wildman–Crippen MR) is 84.4 cm³/mol. The SMILES string of the molecule is O=C(NCc1nnc2ccccn12)[C@H]1Cc2cc(Cl)ccc2O1. The standard InChI is InChI=1S/C16H13ClN4O2/c17-11-4-5-12-10(7-11)8-13(23-12)16(22)18-9-15-20-19-14-3-1-2-6-21(14)15/h1-7,13H,8-9H2,(H,18,22)/t13-/m1/s1. The van der Waals surface area contributed by atoms with E-state index in [0.29, 0.717) is 29.6 Å². The van der Waals surface area contributed by atoms with Gasteiger partial charge in [0.15, 0.2) is 17.6 Å². The van der Waals surface area contributed by atoms with Gasteiger partial charge in [0.25, 0.3) is 5.91 Å². The lowest BCUT2D eigenvalue weighted by molar-refractivity contribution is -0.127. The fourth-order valence-corrected chi connectivity index (χ4v) is 2.85. The van der Waals surface area contributed by atoms with E-state index in [9.17, 15) is 4.79 Å². The van der Waals surface area contributed by atoms with E-state index in [1.165, 1.54) is 0 Å². The smallest absolute Gasteiger partial charge is 0.261 e. The summed E-state index contributed by atoms with van der Waals surface area (Å²) in [4.78, 5) is 12.3. The Bertz CT molecular complexity index is 893. The summed E-state index contributed by atoms with van der Waals surface area (Å²) in [6.45, 7) is 0.293. The summed E-state index contributed by atoms with van der Waals surface area (Å²) in [5, 5.41) is 11.6. The molecule has 1 atom stereocenters. The second-order valence-electron chi connectivity index (χ2n) is 5.33. The third-order valence-corrected chi connectivity index (χ3v) is 4.03. The van der Waals surface area contributed by atoms with Crippen LogP contribution in [0.5, 0.6) is 5.75 Å². The minimum Gasteiger partial charge on any atom is -0.480 e. The molecule has 1 N–H and O–H groups in total. The second kappa shape index (κ2) is 5.55. The van der Waals surface area contributed by atoms with E-state index in [1.807, 2.05) is 34.9 Å². The number of fused-ring (bicyclic) bond motifs is 2. The van der Waals surface area contributed by atoms with Crippen LogP contribution in [0.3, 0.4) is 0 Å². The maximum Gasteiger partial charge on any atom is 0.261 e. The van der Waals surface area contributed by atoms with E-state index < -0.39 is 6.10 Å². The zero-order valence-electron chi connectivity index (χ0n) is 12.1. The molecule has 0 aliphatic carbocycles. The van der Waals surface area contributed by atoms with Crippen LogP contribution in [-0.4, -0.2) is 26.6 Å². The number of carbonyl (C=O) groups excluding carboxylic acids is 1. The number of amides is 1. The van der Waals surface area contributed by atoms with Gasteiger partial charge in [0.05, 0.1) is 6.54 Å². The zero-order chi connectivity index (χ0) is 15.8. The molecule has 23 heavy (non-hydrogen) atoms. The monoisotopic (exact) mass is 328 g/mol. The third kappa shape index (κ3) is 2.61. The van der Waals surface area contributed by atoms with E-state index >= 15 is 0 Å². The van der Waals surface area contributed by atoms with Crippen molar-refractivity contribution in [2.75, 3.05) is 0 Å². The van der Waals surface area contributed by atoms with Crippen molar-refractivity contribution >= 4 is 23.2 Å². The molecule has 1 amide bonds. The summed E-state index contributed by atoms with van der Waals surface area (Å²) in [5.41, 5.74) is 1.70. The number of aromatic nitrogens is 3. The first-order valence-corrected chi connectivity index (χ1v) is 7.60. The van der Waals surface area contributed by atoms with Crippen molar-refractivity contribution in [2.45, 2.75) is 19.1 Å².